The Morgan fingerprint density at radius 1 is 1.25 bits per heavy atom. The molecule has 2 saturated heterocycles. The van der Waals surface area contributed by atoms with E-state index in [1.165, 1.54) is 13.2 Å². The molecule has 0 spiro atoms. The van der Waals surface area contributed by atoms with Crippen molar-refractivity contribution in [2.45, 2.75) is 38.3 Å². The zero-order chi connectivity index (χ0) is 22.8. The summed E-state index contributed by atoms with van der Waals surface area (Å²) in [5.41, 5.74) is 0.478. The molecule has 32 heavy (non-hydrogen) atoms. The van der Waals surface area contributed by atoms with Crippen molar-refractivity contribution < 1.29 is 23.5 Å². The molecule has 0 unspecified atom stereocenters. The van der Waals surface area contributed by atoms with Gasteiger partial charge in [-0.2, -0.15) is 0 Å². The van der Waals surface area contributed by atoms with Gasteiger partial charge in [-0.3, -0.25) is 19.4 Å². The fraction of sp³-hybridized carbons (Fsp3) is 0.652. The first-order valence-corrected chi connectivity index (χ1v) is 11.5. The van der Waals surface area contributed by atoms with Crippen LogP contribution in [0.3, 0.4) is 0 Å². The topological polar surface area (TPSA) is 83.1 Å². The summed E-state index contributed by atoms with van der Waals surface area (Å²) in [4.78, 5) is 29.1. The quantitative estimate of drug-likeness (QED) is 0.492. The third kappa shape index (κ3) is 7.43. The molecule has 0 saturated carbocycles. The summed E-state index contributed by atoms with van der Waals surface area (Å²) in [6, 6.07) is 4.09. The third-order valence-corrected chi connectivity index (χ3v) is 6.03. The van der Waals surface area contributed by atoms with E-state index in [4.69, 9.17) is 9.47 Å². The van der Waals surface area contributed by atoms with Gasteiger partial charge in [0.1, 0.15) is 11.6 Å². The van der Waals surface area contributed by atoms with Crippen molar-refractivity contribution in [1.82, 2.24) is 20.4 Å². The van der Waals surface area contributed by atoms with Crippen LogP contribution < -0.4 is 15.4 Å². The number of nitrogens with one attached hydrogen (secondary N) is 2. The van der Waals surface area contributed by atoms with Gasteiger partial charge in [-0.25, -0.2) is 4.39 Å². The molecule has 2 N–H and O–H groups in total. The molecule has 1 atom stereocenters. The van der Waals surface area contributed by atoms with Crippen LogP contribution in [-0.2, 0) is 20.9 Å². The van der Waals surface area contributed by atoms with Crippen LogP contribution in [0.4, 0.5) is 4.39 Å². The second kappa shape index (κ2) is 12.7. The molecule has 1 aromatic carbocycles. The van der Waals surface area contributed by atoms with Crippen LogP contribution in [-0.4, -0.2) is 87.2 Å². The maximum absolute atomic E-state index is 14.4. The number of carbonyl (C=O) groups is 2. The lowest BCUT2D eigenvalue weighted by Gasteiger charge is -2.34. The number of nitrogens with zero attached hydrogens (tertiary/aromatic N) is 2. The Bertz CT molecular complexity index is 758. The van der Waals surface area contributed by atoms with E-state index < -0.39 is 6.04 Å². The minimum Gasteiger partial charge on any atom is -0.497 e. The number of carbonyl (C=O) groups excluding carboxylic acids is 2. The van der Waals surface area contributed by atoms with Gasteiger partial charge in [-0.15, -0.1) is 0 Å². The minimum atomic E-state index is -0.605. The number of benzene rings is 1. The van der Waals surface area contributed by atoms with Crippen LogP contribution in [0.5, 0.6) is 5.75 Å². The van der Waals surface area contributed by atoms with Gasteiger partial charge in [0.05, 0.1) is 32.8 Å². The van der Waals surface area contributed by atoms with E-state index in [9.17, 15) is 14.0 Å². The van der Waals surface area contributed by atoms with Crippen LogP contribution in [0.25, 0.3) is 0 Å². The molecule has 2 heterocycles. The molecule has 8 nitrogen and oxygen atoms in total. The van der Waals surface area contributed by atoms with Gasteiger partial charge in [0.2, 0.25) is 11.8 Å². The standard InChI is InChI=1S/C23H35FN4O4/c1-31-19-6-5-18(20(24)15-19)17-28-10-8-26-23(30)21(28)16-22(29)25-7-3-2-4-9-27-11-13-32-14-12-27/h5-6,15,21H,2-4,7-14,16-17H2,1H3,(H,25,29)(H,26,30)/t21-/m1/s1. The number of morpholine rings is 1. The second-order valence-corrected chi connectivity index (χ2v) is 8.30. The molecule has 0 aromatic heterocycles. The number of rotatable bonds is 11. The molecular formula is C23H35FN4O4. The van der Waals surface area contributed by atoms with Gasteiger partial charge in [-0.1, -0.05) is 12.5 Å². The lowest BCUT2D eigenvalue weighted by atomic mass is 10.1. The molecule has 2 fully saturated rings. The van der Waals surface area contributed by atoms with Gasteiger partial charge >= 0.3 is 0 Å². The van der Waals surface area contributed by atoms with Crippen LogP contribution in [0, 0.1) is 5.82 Å². The summed E-state index contributed by atoms with van der Waals surface area (Å²) in [5, 5.41) is 5.74. The Morgan fingerprint density at radius 3 is 2.81 bits per heavy atom. The monoisotopic (exact) mass is 450 g/mol. The number of amides is 2. The number of methoxy groups -OCH3 is 1. The Labute approximate surface area is 189 Å². The Hall–Kier alpha value is -2.23. The van der Waals surface area contributed by atoms with E-state index in [2.05, 4.69) is 15.5 Å². The first-order chi connectivity index (χ1) is 15.6. The van der Waals surface area contributed by atoms with Crippen LogP contribution in [0.15, 0.2) is 18.2 Å². The van der Waals surface area contributed by atoms with Crippen molar-refractivity contribution in [1.29, 1.82) is 0 Å². The average Bonchev–Trinajstić information content (AvgIpc) is 2.80. The predicted molar refractivity (Wildman–Crippen MR) is 119 cm³/mol. The van der Waals surface area contributed by atoms with E-state index in [0.29, 0.717) is 30.9 Å². The number of piperazine rings is 1. The van der Waals surface area contributed by atoms with E-state index in [0.717, 1.165) is 52.1 Å². The molecule has 2 aliphatic heterocycles. The highest BCUT2D eigenvalue weighted by Crippen LogP contribution is 2.20. The van der Waals surface area contributed by atoms with Crippen LogP contribution in [0.2, 0.25) is 0 Å². The molecule has 0 aliphatic carbocycles. The number of ether oxygens (including phenoxy) is 2. The van der Waals surface area contributed by atoms with E-state index in [1.54, 1.807) is 12.1 Å². The Kier molecular flexibility index (Phi) is 9.70. The van der Waals surface area contributed by atoms with Gasteiger partial charge in [0.25, 0.3) is 0 Å². The highest BCUT2D eigenvalue weighted by molar-refractivity contribution is 5.88. The Morgan fingerprint density at radius 2 is 2.06 bits per heavy atom. The van der Waals surface area contributed by atoms with Crippen molar-refractivity contribution in [2.24, 2.45) is 0 Å². The largest absolute Gasteiger partial charge is 0.497 e. The second-order valence-electron chi connectivity index (χ2n) is 8.30. The zero-order valence-corrected chi connectivity index (χ0v) is 18.9. The summed E-state index contributed by atoms with van der Waals surface area (Å²) in [6.07, 6.45) is 3.12. The van der Waals surface area contributed by atoms with Gasteiger partial charge in [0.15, 0.2) is 0 Å². The molecule has 0 bridgehead atoms. The Balaban J connectivity index is 1.40. The summed E-state index contributed by atoms with van der Waals surface area (Å²) >= 11 is 0. The fourth-order valence-corrected chi connectivity index (χ4v) is 4.11. The molecule has 2 amide bonds. The predicted octanol–water partition coefficient (Wildman–Crippen LogP) is 1.14. The molecule has 2 aliphatic rings. The normalized spacial score (nSPS) is 20.1. The summed E-state index contributed by atoms with van der Waals surface area (Å²) < 4.78 is 24.8. The third-order valence-electron chi connectivity index (χ3n) is 6.03. The smallest absolute Gasteiger partial charge is 0.237 e. The SMILES string of the molecule is COc1ccc(CN2CCNC(=O)[C@H]2CC(=O)NCCCCCN2CCOCC2)c(F)c1. The first-order valence-electron chi connectivity index (χ1n) is 11.5. The van der Waals surface area contributed by atoms with Crippen LogP contribution >= 0.6 is 0 Å². The van der Waals surface area contributed by atoms with Crippen LogP contribution in [0.1, 0.15) is 31.2 Å². The molecule has 3 rings (SSSR count). The molecular weight excluding hydrogens is 415 g/mol. The lowest BCUT2D eigenvalue weighted by molar-refractivity contribution is -0.134. The zero-order valence-electron chi connectivity index (χ0n) is 18.9. The van der Waals surface area contributed by atoms with Gasteiger partial charge in [-0.05, 0) is 25.5 Å². The van der Waals surface area contributed by atoms with Crippen molar-refractivity contribution in [3.05, 3.63) is 29.6 Å². The summed E-state index contributed by atoms with van der Waals surface area (Å²) in [5.74, 6) is -0.273. The number of halogens is 1. The fourth-order valence-electron chi connectivity index (χ4n) is 4.11. The highest BCUT2D eigenvalue weighted by Gasteiger charge is 2.32. The first kappa shape index (κ1) is 24.4. The molecule has 0 radical (unpaired) electrons. The van der Waals surface area contributed by atoms with Gasteiger partial charge < -0.3 is 20.1 Å². The van der Waals surface area contributed by atoms with Crippen molar-refractivity contribution in [3.8, 4) is 5.75 Å². The average molecular weight is 451 g/mol. The maximum atomic E-state index is 14.4. The number of unbranched alkanes of at least 4 members (excludes halogenated alkanes) is 2. The summed E-state index contributed by atoms with van der Waals surface area (Å²) in [6.45, 7) is 6.60. The van der Waals surface area contributed by atoms with E-state index in [-0.39, 0.29) is 30.6 Å². The van der Waals surface area contributed by atoms with Gasteiger partial charge in [0, 0.05) is 50.9 Å². The maximum Gasteiger partial charge on any atom is 0.237 e. The molecule has 178 valence electrons. The van der Waals surface area contributed by atoms with Crippen molar-refractivity contribution in [3.63, 3.8) is 0 Å². The van der Waals surface area contributed by atoms with Crippen molar-refractivity contribution >= 4 is 11.8 Å². The van der Waals surface area contributed by atoms with E-state index in [1.807, 2.05) is 4.90 Å². The minimum absolute atomic E-state index is 0.0669. The van der Waals surface area contributed by atoms with E-state index >= 15 is 0 Å². The lowest BCUT2D eigenvalue weighted by Crippen LogP contribution is -2.56. The number of hydrogen-bond donors (Lipinski definition) is 2. The summed E-state index contributed by atoms with van der Waals surface area (Å²) in [7, 11) is 1.49. The highest BCUT2D eigenvalue weighted by atomic mass is 19.1. The van der Waals surface area contributed by atoms with Crippen molar-refractivity contribution in [2.75, 3.05) is 59.6 Å². The molecule has 9 heteroatoms. The number of hydrogen-bond acceptors (Lipinski definition) is 6. The molecule has 1 aromatic rings.